The van der Waals surface area contributed by atoms with Gasteiger partial charge >= 0.3 is 0 Å². The summed E-state index contributed by atoms with van der Waals surface area (Å²) in [7, 11) is 1.59. The maximum absolute atomic E-state index is 12.2. The fraction of sp³-hybridized carbons (Fsp3) is 0.0714. The number of nitrogens with zero attached hydrogens (tertiary/aromatic N) is 2. The summed E-state index contributed by atoms with van der Waals surface area (Å²) in [6.07, 6.45) is 1.45. The third-order valence-corrected chi connectivity index (χ3v) is 3.67. The maximum Gasteiger partial charge on any atom is 0.256 e. The van der Waals surface area contributed by atoms with Gasteiger partial charge < -0.3 is 10.1 Å². The molecule has 1 amide bonds. The van der Waals surface area contributed by atoms with Crippen molar-refractivity contribution in [1.29, 1.82) is 0 Å². The molecule has 100 valence electrons. The molecule has 1 N–H and O–H groups in total. The number of amides is 1. The molecule has 0 atom stereocenters. The van der Waals surface area contributed by atoms with Gasteiger partial charge in [0, 0.05) is 5.56 Å². The van der Waals surface area contributed by atoms with Crippen LogP contribution in [0.3, 0.4) is 0 Å². The van der Waals surface area contributed by atoms with Gasteiger partial charge in [-0.25, -0.2) is 9.97 Å². The molecular weight excluding hydrogens is 274 g/mol. The highest BCUT2D eigenvalue weighted by Gasteiger charge is 2.10. The Balaban J connectivity index is 1.86. The summed E-state index contributed by atoms with van der Waals surface area (Å²) in [5.41, 5.74) is 0.549. The van der Waals surface area contributed by atoms with Crippen molar-refractivity contribution >= 4 is 33.3 Å². The Bertz CT molecular complexity index is 752. The zero-order valence-electron chi connectivity index (χ0n) is 10.7. The number of fused-ring (bicyclic) bond motifs is 1. The van der Waals surface area contributed by atoms with Gasteiger partial charge in [-0.15, -0.1) is 11.3 Å². The second kappa shape index (κ2) is 5.26. The number of hydrogen-bond acceptors (Lipinski definition) is 5. The topological polar surface area (TPSA) is 64.1 Å². The smallest absolute Gasteiger partial charge is 0.256 e. The lowest BCUT2D eigenvalue weighted by molar-refractivity contribution is 0.102. The molecule has 0 spiro atoms. The number of aromatic nitrogens is 2. The number of methoxy groups -OCH3 is 1. The first-order valence-electron chi connectivity index (χ1n) is 5.91. The highest BCUT2D eigenvalue weighted by molar-refractivity contribution is 7.16. The minimum Gasteiger partial charge on any atom is -0.497 e. The van der Waals surface area contributed by atoms with E-state index in [2.05, 4.69) is 15.3 Å². The van der Waals surface area contributed by atoms with Crippen LogP contribution in [-0.4, -0.2) is 23.0 Å². The third kappa shape index (κ3) is 2.33. The molecular formula is C14H11N3O2S. The second-order valence-corrected chi connectivity index (χ2v) is 4.94. The molecule has 0 unspecified atom stereocenters. The van der Waals surface area contributed by atoms with Gasteiger partial charge in [-0.05, 0) is 35.7 Å². The molecule has 0 aliphatic carbocycles. The van der Waals surface area contributed by atoms with Gasteiger partial charge in [0.05, 0.1) is 12.5 Å². The number of anilines is 1. The molecule has 3 aromatic rings. The lowest BCUT2D eigenvalue weighted by Crippen LogP contribution is -2.13. The van der Waals surface area contributed by atoms with Gasteiger partial charge in [-0.1, -0.05) is 0 Å². The van der Waals surface area contributed by atoms with E-state index < -0.39 is 0 Å². The summed E-state index contributed by atoms with van der Waals surface area (Å²) in [5, 5.41) is 5.57. The SMILES string of the molecule is COc1ccc(C(=O)Nc2ncnc3sccc23)cc1. The molecule has 0 aliphatic rings. The highest BCUT2D eigenvalue weighted by Crippen LogP contribution is 2.24. The number of nitrogens with one attached hydrogen (secondary N) is 1. The van der Waals surface area contributed by atoms with Crippen LogP contribution in [0.4, 0.5) is 5.82 Å². The molecule has 0 aliphatic heterocycles. The average molecular weight is 285 g/mol. The fourth-order valence-corrected chi connectivity index (χ4v) is 2.54. The molecule has 3 rings (SSSR count). The van der Waals surface area contributed by atoms with Crippen LogP contribution in [0.25, 0.3) is 10.2 Å². The van der Waals surface area contributed by atoms with Crippen LogP contribution in [-0.2, 0) is 0 Å². The summed E-state index contributed by atoms with van der Waals surface area (Å²) in [6.45, 7) is 0. The van der Waals surface area contributed by atoms with E-state index in [4.69, 9.17) is 4.74 Å². The molecule has 0 saturated heterocycles. The number of hydrogen-bond donors (Lipinski definition) is 1. The Hall–Kier alpha value is -2.47. The molecule has 5 nitrogen and oxygen atoms in total. The van der Waals surface area contributed by atoms with Crippen molar-refractivity contribution in [3.8, 4) is 5.75 Å². The minimum atomic E-state index is -0.209. The Kier molecular flexibility index (Phi) is 3.30. The van der Waals surface area contributed by atoms with E-state index in [0.29, 0.717) is 17.1 Å². The minimum absolute atomic E-state index is 0.209. The zero-order valence-corrected chi connectivity index (χ0v) is 11.5. The monoisotopic (exact) mass is 285 g/mol. The number of thiophene rings is 1. The number of carbonyl (C=O) groups is 1. The van der Waals surface area contributed by atoms with E-state index in [1.165, 1.54) is 17.7 Å². The zero-order chi connectivity index (χ0) is 13.9. The third-order valence-electron chi connectivity index (χ3n) is 2.85. The van der Waals surface area contributed by atoms with Crippen molar-refractivity contribution in [3.63, 3.8) is 0 Å². The van der Waals surface area contributed by atoms with Gasteiger partial charge in [0.2, 0.25) is 0 Å². The molecule has 20 heavy (non-hydrogen) atoms. The normalized spacial score (nSPS) is 10.4. The average Bonchev–Trinajstić information content (AvgIpc) is 2.97. The predicted octanol–water partition coefficient (Wildman–Crippen LogP) is 2.95. The first-order chi connectivity index (χ1) is 9.78. The quantitative estimate of drug-likeness (QED) is 0.803. The number of rotatable bonds is 3. The lowest BCUT2D eigenvalue weighted by Gasteiger charge is -2.06. The van der Waals surface area contributed by atoms with Gasteiger partial charge in [0.25, 0.3) is 5.91 Å². The second-order valence-electron chi connectivity index (χ2n) is 4.04. The van der Waals surface area contributed by atoms with E-state index in [-0.39, 0.29) is 5.91 Å². The predicted molar refractivity (Wildman–Crippen MR) is 78.4 cm³/mol. The molecule has 0 radical (unpaired) electrons. The van der Waals surface area contributed by atoms with Crippen molar-refractivity contribution in [1.82, 2.24) is 9.97 Å². The van der Waals surface area contributed by atoms with Gasteiger partial charge in [0.1, 0.15) is 22.7 Å². The van der Waals surface area contributed by atoms with E-state index in [0.717, 1.165) is 10.2 Å². The maximum atomic E-state index is 12.2. The Labute approximate surface area is 119 Å². The van der Waals surface area contributed by atoms with E-state index >= 15 is 0 Å². The first kappa shape index (κ1) is 12.6. The Morgan fingerprint density at radius 1 is 1.20 bits per heavy atom. The molecule has 2 heterocycles. The van der Waals surface area contributed by atoms with Crippen molar-refractivity contribution < 1.29 is 9.53 Å². The van der Waals surface area contributed by atoms with Crippen LogP contribution in [0.2, 0.25) is 0 Å². The molecule has 0 saturated carbocycles. The summed E-state index contributed by atoms with van der Waals surface area (Å²) < 4.78 is 5.06. The van der Waals surface area contributed by atoms with E-state index in [1.54, 1.807) is 31.4 Å². The standard InChI is InChI=1S/C14H11N3O2S/c1-19-10-4-2-9(3-5-10)13(18)17-12-11-6-7-20-14(11)16-8-15-12/h2-8H,1H3,(H,15,16,17,18). The van der Waals surface area contributed by atoms with Crippen molar-refractivity contribution in [3.05, 3.63) is 47.6 Å². The van der Waals surface area contributed by atoms with Gasteiger partial charge in [-0.3, -0.25) is 4.79 Å². The fourth-order valence-electron chi connectivity index (χ4n) is 1.81. The van der Waals surface area contributed by atoms with Crippen LogP contribution in [0.1, 0.15) is 10.4 Å². The number of carbonyl (C=O) groups excluding carboxylic acids is 1. The van der Waals surface area contributed by atoms with Crippen molar-refractivity contribution in [2.75, 3.05) is 12.4 Å². The van der Waals surface area contributed by atoms with Crippen LogP contribution < -0.4 is 10.1 Å². The summed E-state index contributed by atoms with van der Waals surface area (Å²) in [6, 6.07) is 8.80. The largest absolute Gasteiger partial charge is 0.497 e. The van der Waals surface area contributed by atoms with Crippen molar-refractivity contribution in [2.45, 2.75) is 0 Å². The summed E-state index contributed by atoms with van der Waals surface area (Å²) in [4.78, 5) is 21.3. The Morgan fingerprint density at radius 3 is 2.75 bits per heavy atom. The van der Waals surface area contributed by atoms with E-state index in [9.17, 15) is 4.79 Å². The van der Waals surface area contributed by atoms with Gasteiger partial charge in [-0.2, -0.15) is 0 Å². The summed E-state index contributed by atoms with van der Waals surface area (Å²) >= 11 is 1.51. The first-order valence-corrected chi connectivity index (χ1v) is 6.79. The van der Waals surface area contributed by atoms with Gasteiger partial charge in [0.15, 0.2) is 0 Å². The number of benzene rings is 1. The van der Waals surface area contributed by atoms with Crippen LogP contribution in [0.15, 0.2) is 42.0 Å². The molecule has 0 fully saturated rings. The van der Waals surface area contributed by atoms with E-state index in [1.807, 2.05) is 11.4 Å². The molecule has 0 bridgehead atoms. The molecule has 2 aromatic heterocycles. The molecule has 6 heteroatoms. The Morgan fingerprint density at radius 2 is 2.00 bits per heavy atom. The number of ether oxygens (including phenoxy) is 1. The van der Waals surface area contributed by atoms with Crippen LogP contribution in [0.5, 0.6) is 5.75 Å². The van der Waals surface area contributed by atoms with Crippen LogP contribution in [0, 0.1) is 0 Å². The van der Waals surface area contributed by atoms with Crippen molar-refractivity contribution in [2.24, 2.45) is 0 Å². The summed E-state index contributed by atoms with van der Waals surface area (Å²) in [5.74, 6) is 1.03. The highest BCUT2D eigenvalue weighted by atomic mass is 32.1. The van der Waals surface area contributed by atoms with Crippen LogP contribution >= 0.6 is 11.3 Å². The molecule has 1 aromatic carbocycles. The lowest BCUT2D eigenvalue weighted by atomic mass is 10.2.